The first-order valence-electron chi connectivity index (χ1n) is 6.54. The van der Waals surface area contributed by atoms with E-state index in [2.05, 4.69) is 0 Å². The molecule has 21 heavy (non-hydrogen) atoms. The van der Waals surface area contributed by atoms with Crippen molar-refractivity contribution in [2.24, 2.45) is 0 Å². The molecule has 2 rings (SSSR count). The first-order chi connectivity index (χ1) is 9.97. The minimum atomic E-state index is -3.58. The summed E-state index contributed by atoms with van der Waals surface area (Å²) in [7, 11) is -3.58. The van der Waals surface area contributed by atoms with Gasteiger partial charge in [-0.1, -0.05) is 6.07 Å². The van der Waals surface area contributed by atoms with Crippen LogP contribution in [0.1, 0.15) is 17.3 Å². The Morgan fingerprint density at radius 2 is 2.24 bits per heavy atom. The van der Waals surface area contributed by atoms with Gasteiger partial charge in [0.15, 0.2) is 5.75 Å². The fraction of sp³-hybridized carbons (Fsp3) is 0.462. The first kappa shape index (κ1) is 15.6. The predicted molar refractivity (Wildman–Crippen MR) is 76.5 cm³/mol. The predicted octanol–water partition coefficient (Wildman–Crippen LogP) is 0.950. The highest BCUT2D eigenvalue weighted by Crippen LogP contribution is 2.36. The molecule has 0 saturated carbocycles. The molecular formula is C13H17NO6S. The molecule has 0 amide bonds. The lowest BCUT2D eigenvalue weighted by Crippen LogP contribution is -2.40. The van der Waals surface area contributed by atoms with Crippen molar-refractivity contribution < 1.29 is 27.8 Å². The number of benzene rings is 1. The number of rotatable bonds is 6. The lowest BCUT2D eigenvalue weighted by atomic mass is 10.1. The van der Waals surface area contributed by atoms with Crippen LogP contribution in [0, 0.1) is 0 Å². The molecule has 1 aromatic rings. The van der Waals surface area contributed by atoms with E-state index >= 15 is 0 Å². The molecule has 7 nitrogen and oxygen atoms in total. The summed E-state index contributed by atoms with van der Waals surface area (Å²) in [5.74, 6) is -1.21. The summed E-state index contributed by atoms with van der Waals surface area (Å²) in [4.78, 5) is 11.2. The van der Waals surface area contributed by atoms with Gasteiger partial charge in [0.25, 0.3) is 0 Å². The number of carboxylic acids is 1. The van der Waals surface area contributed by atoms with Crippen LogP contribution in [0.4, 0.5) is 5.69 Å². The van der Waals surface area contributed by atoms with Crippen LogP contribution in [0.25, 0.3) is 0 Å². The molecule has 0 fully saturated rings. The van der Waals surface area contributed by atoms with Crippen LogP contribution in [0.3, 0.4) is 0 Å². The minimum absolute atomic E-state index is 0.0443. The Morgan fingerprint density at radius 3 is 2.90 bits per heavy atom. The molecule has 1 aliphatic heterocycles. The molecule has 1 heterocycles. The van der Waals surface area contributed by atoms with Gasteiger partial charge >= 0.3 is 5.97 Å². The van der Waals surface area contributed by atoms with Gasteiger partial charge in [-0.25, -0.2) is 13.2 Å². The molecule has 0 atom stereocenters. The lowest BCUT2D eigenvalue weighted by molar-refractivity contribution is 0.0692. The Balaban J connectivity index is 2.34. The number of nitrogens with zero attached hydrogens (tertiary/aromatic N) is 1. The molecule has 0 radical (unpaired) electrons. The number of sulfonamides is 1. The molecule has 1 N–H and O–H groups in total. The van der Waals surface area contributed by atoms with Gasteiger partial charge in [-0.15, -0.1) is 0 Å². The highest BCUT2D eigenvalue weighted by atomic mass is 32.2. The van der Waals surface area contributed by atoms with E-state index in [0.29, 0.717) is 6.61 Å². The van der Waals surface area contributed by atoms with E-state index in [0.717, 1.165) is 0 Å². The topological polar surface area (TPSA) is 93.1 Å². The van der Waals surface area contributed by atoms with Crippen molar-refractivity contribution in [2.75, 3.05) is 36.4 Å². The van der Waals surface area contributed by atoms with Crippen LogP contribution in [-0.4, -0.2) is 51.6 Å². The molecule has 0 unspecified atom stereocenters. The monoisotopic (exact) mass is 315 g/mol. The van der Waals surface area contributed by atoms with E-state index in [1.165, 1.54) is 16.4 Å². The molecule has 0 aromatic heterocycles. The summed E-state index contributed by atoms with van der Waals surface area (Å²) in [6, 6.07) is 4.43. The van der Waals surface area contributed by atoms with Gasteiger partial charge in [-0.05, 0) is 19.1 Å². The number of para-hydroxylation sites is 1. The average Bonchev–Trinajstić information content (AvgIpc) is 2.46. The third-order valence-corrected chi connectivity index (χ3v) is 4.79. The van der Waals surface area contributed by atoms with E-state index in [9.17, 15) is 13.2 Å². The molecule has 116 valence electrons. The first-order valence-corrected chi connectivity index (χ1v) is 8.15. The van der Waals surface area contributed by atoms with Gasteiger partial charge in [0.2, 0.25) is 10.0 Å². The van der Waals surface area contributed by atoms with Gasteiger partial charge in [-0.2, -0.15) is 0 Å². The highest BCUT2D eigenvalue weighted by molar-refractivity contribution is 7.92. The van der Waals surface area contributed by atoms with Crippen LogP contribution >= 0.6 is 0 Å². The molecule has 1 aliphatic rings. The zero-order valence-corrected chi connectivity index (χ0v) is 12.4. The molecule has 1 aromatic carbocycles. The Kier molecular flexibility index (Phi) is 4.69. The van der Waals surface area contributed by atoms with Gasteiger partial charge in [0, 0.05) is 6.61 Å². The molecule has 0 spiro atoms. The summed E-state index contributed by atoms with van der Waals surface area (Å²) in [6.45, 7) is 2.61. The highest BCUT2D eigenvalue weighted by Gasteiger charge is 2.30. The maximum Gasteiger partial charge on any atom is 0.339 e. The zero-order chi connectivity index (χ0) is 15.5. The average molecular weight is 315 g/mol. The SMILES string of the molecule is CCOCCS(=O)(=O)N1CCOc2c(C(=O)O)cccc21. The quantitative estimate of drug-likeness (QED) is 0.786. The van der Waals surface area contributed by atoms with E-state index < -0.39 is 16.0 Å². The maximum atomic E-state index is 12.3. The van der Waals surface area contributed by atoms with Crippen molar-refractivity contribution in [1.29, 1.82) is 0 Å². The summed E-state index contributed by atoms with van der Waals surface area (Å²) in [5, 5.41) is 9.14. The zero-order valence-electron chi connectivity index (χ0n) is 11.6. The minimum Gasteiger partial charge on any atom is -0.489 e. The third-order valence-electron chi connectivity index (χ3n) is 3.06. The largest absolute Gasteiger partial charge is 0.489 e. The van der Waals surface area contributed by atoms with E-state index in [4.69, 9.17) is 14.6 Å². The second-order valence-electron chi connectivity index (χ2n) is 4.39. The molecule has 0 saturated heterocycles. The second kappa shape index (κ2) is 6.31. The van der Waals surface area contributed by atoms with Crippen LogP contribution in [0.5, 0.6) is 5.75 Å². The van der Waals surface area contributed by atoms with Crippen molar-refractivity contribution in [3.05, 3.63) is 23.8 Å². The van der Waals surface area contributed by atoms with Crippen molar-refractivity contribution >= 4 is 21.7 Å². The van der Waals surface area contributed by atoms with Crippen molar-refractivity contribution in [3.63, 3.8) is 0 Å². The Bertz CT molecular complexity index is 628. The van der Waals surface area contributed by atoms with Crippen LogP contribution in [0.15, 0.2) is 18.2 Å². The van der Waals surface area contributed by atoms with Gasteiger partial charge in [-0.3, -0.25) is 4.31 Å². The summed E-state index contributed by atoms with van der Waals surface area (Å²) >= 11 is 0. The van der Waals surface area contributed by atoms with Crippen molar-refractivity contribution in [3.8, 4) is 5.75 Å². The second-order valence-corrected chi connectivity index (χ2v) is 6.41. The third kappa shape index (κ3) is 3.27. The summed E-state index contributed by atoms with van der Waals surface area (Å²) in [5.41, 5.74) is 0.217. The van der Waals surface area contributed by atoms with E-state index in [-0.39, 0.29) is 42.5 Å². The van der Waals surface area contributed by atoms with E-state index in [1.54, 1.807) is 13.0 Å². The summed E-state index contributed by atoms with van der Waals surface area (Å²) in [6.07, 6.45) is 0. The number of fused-ring (bicyclic) bond motifs is 1. The fourth-order valence-corrected chi connectivity index (χ4v) is 3.45. The number of ether oxygens (including phenoxy) is 2. The number of aromatic carboxylic acids is 1. The van der Waals surface area contributed by atoms with E-state index in [1.807, 2.05) is 0 Å². The number of anilines is 1. The van der Waals surface area contributed by atoms with Crippen LogP contribution in [-0.2, 0) is 14.8 Å². The van der Waals surface area contributed by atoms with Crippen molar-refractivity contribution in [1.82, 2.24) is 0 Å². The molecule has 0 aliphatic carbocycles. The number of hydrogen-bond donors (Lipinski definition) is 1. The standard InChI is InChI=1S/C13H17NO6S/c1-2-19-8-9-21(17,18)14-6-7-20-12-10(13(15)16)4-3-5-11(12)14/h3-5H,2,6-9H2,1H3,(H,15,16). The Labute approximate surface area is 123 Å². The fourth-order valence-electron chi connectivity index (χ4n) is 2.10. The number of hydrogen-bond acceptors (Lipinski definition) is 5. The van der Waals surface area contributed by atoms with Gasteiger partial charge < -0.3 is 14.6 Å². The van der Waals surface area contributed by atoms with Crippen molar-refractivity contribution in [2.45, 2.75) is 6.92 Å². The molecule has 0 bridgehead atoms. The molecule has 8 heteroatoms. The smallest absolute Gasteiger partial charge is 0.339 e. The summed E-state index contributed by atoms with van der Waals surface area (Å²) < 4.78 is 36.3. The Morgan fingerprint density at radius 1 is 1.48 bits per heavy atom. The Hall–Kier alpha value is -1.80. The van der Waals surface area contributed by atoms with Gasteiger partial charge in [0.05, 0.1) is 24.6 Å². The van der Waals surface area contributed by atoms with Crippen LogP contribution in [0.2, 0.25) is 0 Å². The van der Waals surface area contributed by atoms with Crippen LogP contribution < -0.4 is 9.04 Å². The number of carbonyl (C=O) groups is 1. The number of carboxylic acid groups (broad SMARTS) is 1. The normalized spacial score (nSPS) is 14.4. The maximum absolute atomic E-state index is 12.3. The lowest BCUT2D eigenvalue weighted by Gasteiger charge is -2.31. The molecular weight excluding hydrogens is 298 g/mol. The van der Waals surface area contributed by atoms with Gasteiger partial charge in [0.1, 0.15) is 12.2 Å².